The van der Waals surface area contributed by atoms with Crippen LogP contribution < -0.4 is 10.1 Å². The highest BCUT2D eigenvalue weighted by Gasteiger charge is 2.49. The molecule has 5 rings (SSSR count). The summed E-state index contributed by atoms with van der Waals surface area (Å²) < 4.78 is 5.89. The molecule has 2 heteroatoms. The van der Waals surface area contributed by atoms with Crippen molar-refractivity contribution in [2.75, 3.05) is 19.0 Å². The Labute approximate surface area is 181 Å². The van der Waals surface area contributed by atoms with Crippen LogP contribution in [0.15, 0.2) is 48.6 Å². The van der Waals surface area contributed by atoms with Crippen molar-refractivity contribution < 1.29 is 4.74 Å². The maximum absolute atomic E-state index is 5.89. The third-order valence-electron chi connectivity index (χ3n) is 7.22. The van der Waals surface area contributed by atoms with E-state index in [-0.39, 0.29) is 5.41 Å². The van der Waals surface area contributed by atoms with Gasteiger partial charge in [0.1, 0.15) is 5.75 Å². The molecule has 30 heavy (non-hydrogen) atoms. The topological polar surface area (TPSA) is 21.3 Å². The van der Waals surface area contributed by atoms with Gasteiger partial charge in [0.2, 0.25) is 0 Å². The van der Waals surface area contributed by atoms with Gasteiger partial charge in [0.15, 0.2) is 0 Å². The van der Waals surface area contributed by atoms with Gasteiger partial charge < -0.3 is 10.1 Å². The summed E-state index contributed by atoms with van der Waals surface area (Å²) in [6, 6.07) is 11.2. The van der Waals surface area contributed by atoms with Crippen molar-refractivity contribution >= 4 is 11.3 Å². The Kier molecular flexibility index (Phi) is 4.39. The van der Waals surface area contributed by atoms with E-state index in [1.54, 1.807) is 7.11 Å². The fraction of sp³-hybridized carbons (Fsp3) is 0.429. The van der Waals surface area contributed by atoms with Gasteiger partial charge in [-0.25, -0.2) is 0 Å². The third-order valence-corrected chi connectivity index (χ3v) is 7.22. The molecule has 2 aliphatic carbocycles. The van der Waals surface area contributed by atoms with Crippen LogP contribution in [0.25, 0.3) is 16.7 Å². The predicted octanol–water partition coefficient (Wildman–Crippen LogP) is 7.38. The van der Waals surface area contributed by atoms with Crippen molar-refractivity contribution in [2.45, 2.75) is 52.4 Å². The lowest BCUT2D eigenvalue weighted by Crippen LogP contribution is -2.19. The molecule has 1 saturated carbocycles. The molecule has 1 aliphatic heterocycles. The lowest BCUT2D eigenvalue weighted by atomic mass is 9.79. The molecule has 3 aliphatic rings. The van der Waals surface area contributed by atoms with Gasteiger partial charge in [-0.2, -0.15) is 0 Å². The van der Waals surface area contributed by atoms with E-state index in [4.69, 9.17) is 4.74 Å². The molecule has 1 N–H and O–H groups in total. The Morgan fingerprint density at radius 1 is 1.20 bits per heavy atom. The number of allylic oxidation sites excluding steroid dienone is 2. The van der Waals surface area contributed by atoms with E-state index < -0.39 is 0 Å². The number of rotatable bonds is 3. The zero-order chi connectivity index (χ0) is 21.2. The van der Waals surface area contributed by atoms with E-state index in [2.05, 4.69) is 76.0 Å². The second-order valence-corrected chi connectivity index (χ2v) is 10.3. The fourth-order valence-corrected chi connectivity index (χ4v) is 6.00. The van der Waals surface area contributed by atoms with Crippen LogP contribution in [0.4, 0.5) is 5.69 Å². The van der Waals surface area contributed by atoms with Crippen molar-refractivity contribution in [3.63, 3.8) is 0 Å². The summed E-state index contributed by atoms with van der Waals surface area (Å²) in [6.07, 6.45) is 4.78. The highest BCUT2D eigenvalue weighted by Crippen LogP contribution is 2.64. The van der Waals surface area contributed by atoms with Crippen LogP contribution in [0.2, 0.25) is 0 Å². The van der Waals surface area contributed by atoms with Gasteiger partial charge in [-0.15, -0.1) is 6.58 Å². The number of methoxy groups -OCH3 is 1. The first-order valence-corrected chi connectivity index (χ1v) is 11.2. The zero-order valence-corrected chi connectivity index (χ0v) is 18.9. The minimum absolute atomic E-state index is 0.127. The molecule has 0 spiro atoms. The Morgan fingerprint density at radius 3 is 2.73 bits per heavy atom. The van der Waals surface area contributed by atoms with Crippen LogP contribution in [-0.2, 0) is 0 Å². The first-order chi connectivity index (χ1) is 14.3. The summed E-state index contributed by atoms with van der Waals surface area (Å²) in [5, 5.41) is 3.77. The van der Waals surface area contributed by atoms with Crippen LogP contribution in [0, 0.1) is 11.3 Å². The smallest absolute Gasteiger partial charge is 0.126 e. The molecule has 156 valence electrons. The number of hydrogen-bond acceptors (Lipinski definition) is 2. The van der Waals surface area contributed by atoms with Gasteiger partial charge in [-0.05, 0) is 78.8 Å². The molecule has 0 amide bonds. The van der Waals surface area contributed by atoms with Crippen LogP contribution >= 0.6 is 0 Å². The maximum atomic E-state index is 5.89. The molecule has 0 aromatic heterocycles. The SMILES string of the molecule is C=C(C)CC1c2c(ccc3c2C(C)=CC(C)(C)CN3)-c2c(OC)cccc2C2CC21. The average Bonchev–Trinajstić information content (AvgIpc) is 3.50. The second kappa shape index (κ2) is 6.77. The number of hydrogen-bond donors (Lipinski definition) is 1. The van der Waals surface area contributed by atoms with Crippen molar-refractivity contribution in [1.29, 1.82) is 0 Å². The summed E-state index contributed by atoms with van der Waals surface area (Å²) in [5.74, 6) is 2.81. The van der Waals surface area contributed by atoms with E-state index in [1.165, 1.54) is 51.1 Å². The summed E-state index contributed by atoms with van der Waals surface area (Å²) in [7, 11) is 1.80. The molecular formula is C28H33NO. The van der Waals surface area contributed by atoms with Crippen molar-refractivity contribution in [1.82, 2.24) is 0 Å². The lowest BCUT2D eigenvalue weighted by Gasteiger charge is -2.26. The van der Waals surface area contributed by atoms with Crippen LogP contribution in [0.3, 0.4) is 0 Å². The largest absolute Gasteiger partial charge is 0.496 e. The zero-order valence-electron chi connectivity index (χ0n) is 18.9. The standard InChI is InChI=1S/C28H33NO/c1-16(2)12-22-21-13-20(21)18-8-7-9-24(30-6)26(18)19-10-11-23-25(27(19)22)17(3)14-28(4,5)15-29-23/h7-11,14,20-22,29H,1,12-13,15H2,2-6H3. The fourth-order valence-electron chi connectivity index (χ4n) is 6.00. The van der Waals surface area contributed by atoms with Gasteiger partial charge in [-0.3, -0.25) is 0 Å². The van der Waals surface area contributed by atoms with E-state index in [9.17, 15) is 0 Å². The predicted molar refractivity (Wildman–Crippen MR) is 127 cm³/mol. The molecular weight excluding hydrogens is 366 g/mol. The number of benzene rings is 2. The lowest BCUT2D eigenvalue weighted by molar-refractivity contribution is 0.416. The van der Waals surface area contributed by atoms with E-state index in [0.717, 1.165) is 18.7 Å². The molecule has 2 aromatic rings. The molecule has 2 aromatic carbocycles. The van der Waals surface area contributed by atoms with Crippen molar-refractivity contribution in [3.05, 3.63) is 65.3 Å². The molecule has 0 saturated heterocycles. The molecule has 0 bridgehead atoms. The Bertz CT molecular complexity index is 1070. The van der Waals surface area contributed by atoms with E-state index >= 15 is 0 Å². The molecule has 3 atom stereocenters. The van der Waals surface area contributed by atoms with Crippen molar-refractivity contribution in [2.24, 2.45) is 11.3 Å². The summed E-state index contributed by atoms with van der Waals surface area (Å²) in [6.45, 7) is 14.4. The Morgan fingerprint density at radius 2 is 2.00 bits per heavy atom. The normalized spacial score (nSPS) is 25.2. The van der Waals surface area contributed by atoms with Crippen LogP contribution in [0.5, 0.6) is 5.75 Å². The summed E-state index contributed by atoms with van der Waals surface area (Å²) in [5.41, 5.74) is 11.1. The molecule has 2 nitrogen and oxygen atoms in total. The van der Waals surface area contributed by atoms with Crippen molar-refractivity contribution in [3.8, 4) is 16.9 Å². The Hall–Kier alpha value is -2.48. The minimum Gasteiger partial charge on any atom is -0.496 e. The number of ether oxygens (including phenoxy) is 1. The highest BCUT2D eigenvalue weighted by molar-refractivity contribution is 5.89. The van der Waals surface area contributed by atoms with Gasteiger partial charge in [0, 0.05) is 28.8 Å². The monoisotopic (exact) mass is 399 g/mol. The van der Waals surface area contributed by atoms with E-state index in [0.29, 0.717) is 17.8 Å². The summed E-state index contributed by atoms with van der Waals surface area (Å²) in [4.78, 5) is 0. The van der Waals surface area contributed by atoms with E-state index in [1.807, 2.05) is 0 Å². The molecule has 3 unspecified atom stereocenters. The molecule has 0 radical (unpaired) electrons. The second-order valence-electron chi connectivity index (χ2n) is 10.3. The summed E-state index contributed by atoms with van der Waals surface area (Å²) >= 11 is 0. The van der Waals surface area contributed by atoms with Crippen LogP contribution in [-0.4, -0.2) is 13.7 Å². The minimum atomic E-state index is 0.127. The number of fused-ring (bicyclic) bond motifs is 7. The molecule has 1 heterocycles. The Balaban J connectivity index is 1.85. The first kappa shape index (κ1) is 19.5. The van der Waals surface area contributed by atoms with Gasteiger partial charge in [-0.1, -0.05) is 43.7 Å². The molecule has 1 fully saturated rings. The first-order valence-electron chi connectivity index (χ1n) is 11.2. The number of nitrogens with one attached hydrogen (secondary N) is 1. The van der Waals surface area contributed by atoms with Gasteiger partial charge >= 0.3 is 0 Å². The van der Waals surface area contributed by atoms with Crippen LogP contribution in [0.1, 0.15) is 69.1 Å². The van der Waals surface area contributed by atoms with Gasteiger partial charge in [0.25, 0.3) is 0 Å². The third kappa shape index (κ3) is 3.00. The number of anilines is 1. The quantitative estimate of drug-likeness (QED) is 0.543. The highest BCUT2D eigenvalue weighted by atomic mass is 16.5. The maximum Gasteiger partial charge on any atom is 0.126 e. The average molecular weight is 400 g/mol. The van der Waals surface area contributed by atoms with Gasteiger partial charge in [0.05, 0.1) is 7.11 Å².